The van der Waals surface area contributed by atoms with E-state index in [2.05, 4.69) is 15.9 Å². The maximum atomic E-state index is 11.8. The first-order chi connectivity index (χ1) is 6.95. The van der Waals surface area contributed by atoms with E-state index in [-0.39, 0.29) is 5.91 Å². The number of carbonyl (C=O) groups is 2. The summed E-state index contributed by atoms with van der Waals surface area (Å²) in [6.45, 7) is 1.47. The number of aliphatic carboxylic acids is 1. The summed E-state index contributed by atoms with van der Waals surface area (Å²) in [7, 11) is 1.48. The van der Waals surface area contributed by atoms with Crippen LogP contribution in [-0.4, -0.2) is 35.0 Å². The van der Waals surface area contributed by atoms with E-state index in [4.69, 9.17) is 5.11 Å². The Hall–Kier alpha value is -0.880. The number of carbonyl (C=O) groups excluding carboxylic acids is 1. The van der Waals surface area contributed by atoms with Gasteiger partial charge in [0.2, 0.25) is 0 Å². The second-order valence-electron chi connectivity index (χ2n) is 3.03. The van der Waals surface area contributed by atoms with Crippen LogP contribution in [0, 0.1) is 0 Å². The predicted octanol–water partition coefficient (Wildman–Crippen LogP) is 2.06. The molecule has 0 bridgehead atoms. The molecule has 4 nitrogen and oxygen atoms in total. The van der Waals surface area contributed by atoms with Crippen molar-refractivity contribution in [3.8, 4) is 0 Å². The fourth-order valence-corrected chi connectivity index (χ4v) is 2.47. The fourth-order valence-electron chi connectivity index (χ4n) is 0.948. The maximum Gasteiger partial charge on any atom is 0.326 e. The van der Waals surface area contributed by atoms with E-state index in [9.17, 15) is 9.59 Å². The van der Waals surface area contributed by atoms with Crippen LogP contribution in [0.1, 0.15) is 16.6 Å². The van der Waals surface area contributed by atoms with Gasteiger partial charge in [-0.3, -0.25) is 4.79 Å². The quantitative estimate of drug-likeness (QED) is 0.927. The van der Waals surface area contributed by atoms with Gasteiger partial charge in [0.1, 0.15) is 10.9 Å². The van der Waals surface area contributed by atoms with Gasteiger partial charge in [-0.2, -0.15) is 0 Å². The number of nitrogens with zero attached hydrogens (tertiary/aromatic N) is 1. The topological polar surface area (TPSA) is 57.6 Å². The van der Waals surface area contributed by atoms with E-state index in [0.29, 0.717) is 9.35 Å². The SMILES string of the molecule is CC(C(=O)O)N(C)C(=O)c1sccc1Br. The Balaban J connectivity index is 2.86. The largest absolute Gasteiger partial charge is 0.480 e. The van der Waals surface area contributed by atoms with Gasteiger partial charge in [0, 0.05) is 11.5 Å². The molecule has 0 saturated heterocycles. The number of halogens is 1. The van der Waals surface area contributed by atoms with Gasteiger partial charge in [0.15, 0.2) is 0 Å². The van der Waals surface area contributed by atoms with E-state index >= 15 is 0 Å². The van der Waals surface area contributed by atoms with Crippen LogP contribution in [-0.2, 0) is 4.79 Å². The minimum absolute atomic E-state index is 0.285. The molecule has 15 heavy (non-hydrogen) atoms. The second-order valence-corrected chi connectivity index (χ2v) is 4.80. The van der Waals surface area contributed by atoms with Crippen molar-refractivity contribution in [2.45, 2.75) is 13.0 Å². The van der Waals surface area contributed by atoms with Gasteiger partial charge in [-0.15, -0.1) is 11.3 Å². The fraction of sp³-hybridized carbons (Fsp3) is 0.333. The van der Waals surface area contributed by atoms with Crippen molar-refractivity contribution in [3.05, 3.63) is 20.8 Å². The van der Waals surface area contributed by atoms with Crippen LogP contribution in [0.15, 0.2) is 15.9 Å². The number of thiophene rings is 1. The molecule has 0 aliphatic carbocycles. The first kappa shape index (κ1) is 12.2. The summed E-state index contributed by atoms with van der Waals surface area (Å²) in [6.07, 6.45) is 0. The highest BCUT2D eigenvalue weighted by Crippen LogP contribution is 2.24. The van der Waals surface area contributed by atoms with Crippen LogP contribution in [0.3, 0.4) is 0 Å². The summed E-state index contributed by atoms with van der Waals surface area (Å²) in [5, 5.41) is 10.5. The average Bonchev–Trinajstić information content (AvgIpc) is 2.60. The Kier molecular flexibility index (Phi) is 3.87. The lowest BCUT2D eigenvalue weighted by Gasteiger charge is -2.20. The van der Waals surface area contributed by atoms with Crippen LogP contribution in [0.25, 0.3) is 0 Å². The smallest absolute Gasteiger partial charge is 0.326 e. The molecular formula is C9H10BrNO3S. The summed E-state index contributed by atoms with van der Waals surface area (Å²) >= 11 is 4.52. The van der Waals surface area contributed by atoms with E-state index in [1.54, 1.807) is 11.4 Å². The van der Waals surface area contributed by atoms with Gasteiger partial charge in [-0.05, 0) is 34.3 Å². The van der Waals surface area contributed by atoms with Gasteiger partial charge in [0.05, 0.1) is 0 Å². The van der Waals surface area contributed by atoms with Crippen molar-refractivity contribution in [1.82, 2.24) is 4.90 Å². The van der Waals surface area contributed by atoms with E-state index in [0.717, 1.165) is 0 Å². The molecule has 0 aliphatic rings. The van der Waals surface area contributed by atoms with Crippen molar-refractivity contribution in [2.24, 2.45) is 0 Å². The molecule has 0 radical (unpaired) electrons. The minimum Gasteiger partial charge on any atom is -0.480 e. The average molecular weight is 292 g/mol. The Morgan fingerprint density at radius 1 is 1.60 bits per heavy atom. The Labute approximate surface area is 99.6 Å². The molecule has 6 heteroatoms. The highest BCUT2D eigenvalue weighted by molar-refractivity contribution is 9.10. The molecular weight excluding hydrogens is 282 g/mol. The van der Waals surface area contributed by atoms with Crippen molar-refractivity contribution >= 4 is 39.1 Å². The summed E-state index contributed by atoms with van der Waals surface area (Å²) in [6, 6.07) is 0.934. The Bertz CT molecular complexity index is 390. The zero-order valence-electron chi connectivity index (χ0n) is 8.23. The molecule has 0 saturated carbocycles. The van der Waals surface area contributed by atoms with E-state index < -0.39 is 12.0 Å². The molecule has 1 unspecified atom stereocenters. The van der Waals surface area contributed by atoms with Crippen molar-refractivity contribution in [1.29, 1.82) is 0 Å². The molecule has 0 aromatic carbocycles. The van der Waals surface area contributed by atoms with Gasteiger partial charge in [0.25, 0.3) is 5.91 Å². The standard InChI is InChI=1S/C9H10BrNO3S/c1-5(9(13)14)11(2)8(12)7-6(10)3-4-15-7/h3-5H,1-2H3,(H,13,14). The number of likely N-dealkylation sites (N-methyl/N-ethyl adjacent to an activating group) is 1. The molecule has 1 aromatic rings. The normalized spacial score (nSPS) is 12.2. The molecule has 1 heterocycles. The van der Waals surface area contributed by atoms with Gasteiger partial charge < -0.3 is 10.0 Å². The third kappa shape index (κ3) is 2.57. The number of hydrogen-bond donors (Lipinski definition) is 1. The molecule has 82 valence electrons. The van der Waals surface area contributed by atoms with Gasteiger partial charge in [-0.25, -0.2) is 4.79 Å². The number of carboxylic acids is 1. The van der Waals surface area contributed by atoms with Crippen molar-refractivity contribution in [3.63, 3.8) is 0 Å². The second kappa shape index (κ2) is 4.76. The van der Waals surface area contributed by atoms with Gasteiger partial charge >= 0.3 is 5.97 Å². The number of rotatable bonds is 3. The van der Waals surface area contributed by atoms with Gasteiger partial charge in [-0.1, -0.05) is 0 Å². The van der Waals surface area contributed by atoms with Crippen LogP contribution >= 0.6 is 27.3 Å². The van der Waals surface area contributed by atoms with E-state index in [1.807, 2.05) is 0 Å². The lowest BCUT2D eigenvalue weighted by atomic mass is 10.3. The zero-order chi connectivity index (χ0) is 11.6. The molecule has 1 atom stereocenters. The monoisotopic (exact) mass is 291 g/mol. The molecule has 0 spiro atoms. The lowest BCUT2D eigenvalue weighted by molar-refractivity contribution is -0.141. The summed E-state index contributed by atoms with van der Waals surface area (Å²) < 4.78 is 0.696. The molecule has 1 aromatic heterocycles. The first-order valence-electron chi connectivity index (χ1n) is 4.18. The van der Waals surface area contributed by atoms with Crippen LogP contribution < -0.4 is 0 Å². The van der Waals surface area contributed by atoms with Crippen LogP contribution in [0.4, 0.5) is 0 Å². The Morgan fingerprint density at radius 3 is 2.60 bits per heavy atom. The highest BCUT2D eigenvalue weighted by Gasteiger charge is 2.24. The molecule has 0 fully saturated rings. The molecule has 0 aliphatic heterocycles. The summed E-state index contributed by atoms with van der Waals surface area (Å²) in [5.74, 6) is -1.30. The number of hydrogen-bond acceptors (Lipinski definition) is 3. The molecule has 1 amide bonds. The third-order valence-electron chi connectivity index (χ3n) is 2.07. The van der Waals surface area contributed by atoms with Crippen LogP contribution in [0.2, 0.25) is 0 Å². The summed E-state index contributed by atoms with van der Waals surface area (Å²) in [5.41, 5.74) is 0. The van der Waals surface area contributed by atoms with Crippen molar-refractivity contribution < 1.29 is 14.7 Å². The number of amides is 1. The predicted molar refractivity (Wildman–Crippen MR) is 61.2 cm³/mol. The van der Waals surface area contributed by atoms with Crippen LogP contribution in [0.5, 0.6) is 0 Å². The molecule has 1 rings (SSSR count). The Morgan fingerprint density at radius 2 is 2.20 bits per heavy atom. The molecule has 1 N–H and O–H groups in total. The third-order valence-corrected chi connectivity index (χ3v) is 3.90. The van der Waals surface area contributed by atoms with E-state index in [1.165, 1.54) is 30.2 Å². The maximum absolute atomic E-state index is 11.8. The summed E-state index contributed by atoms with van der Waals surface area (Å²) in [4.78, 5) is 24.2. The zero-order valence-corrected chi connectivity index (χ0v) is 10.6. The first-order valence-corrected chi connectivity index (χ1v) is 5.85. The number of carboxylic acid groups (broad SMARTS) is 1. The van der Waals surface area contributed by atoms with Crippen molar-refractivity contribution in [2.75, 3.05) is 7.05 Å². The lowest BCUT2D eigenvalue weighted by Crippen LogP contribution is -2.40. The minimum atomic E-state index is -1.02. The highest BCUT2D eigenvalue weighted by atomic mass is 79.9.